The molecular weight excluding hydrogens is 425 g/mol. The van der Waals surface area contributed by atoms with Crippen LogP contribution in [0.1, 0.15) is 80.1 Å². The largest absolute Gasteiger partial charge is 0.658 e. The van der Waals surface area contributed by atoms with Crippen LogP contribution in [0.25, 0.3) is 5.32 Å². The summed E-state index contributed by atoms with van der Waals surface area (Å²) < 4.78 is 0. The minimum absolute atomic E-state index is 0.681. The molecule has 2 unspecified atom stereocenters. The number of hydrogen-bond acceptors (Lipinski definition) is 0. The third-order valence-corrected chi connectivity index (χ3v) is 8.09. The SMILES string of the molecule is CC(C)=CCCCC(C)[CH2][Al+][CH2]C(C)CCCC=C(C)C.c1ccc([N-]c2ccccc2)cc1. The van der Waals surface area contributed by atoms with Crippen LogP contribution >= 0.6 is 0 Å². The topological polar surface area (TPSA) is 14.1 Å². The monoisotopic (exact) mass is 473 g/mol. The Labute approximate surface area is 217 Å². The molecule has 2 aromatic carbocycles. The Hall–Kier alpha value is -1.75. The van der Waals surface area contributed by atoms with Crippen molar-refractivity contribution in [1.29, 1.82) is 0 Å². The maximum absolute atomic E-state index is 4.44. The zero-order chi connectivity index (χ0) is 25.0. The van der Waals surface area contributed by atoms with Crippen molar-refractivity contribution in [3.8, 4) is 0 Å². The van der Waals surface area contributed by atoms with Gasteiger partial charge in [0.15, 0.2) is 0 Å². The van der Waals surface area contributed by atoms with E-state index in [2.05, 4.69) is 59.0 Å². The van der Waals surface area contributed by atoms with Gasteiger partial charge in [0.25, 0.3) is 0 Å². The third-order valence-electron chi connectivity index (χ3n) is 5.82. The number of unbranched alkanes of at least 4 members (excludes halogenated alkanes) is 2. The summed E-state index contributed by atoms with van der Waals surface area (Å²) in [5.74, 6) is 1.90. The first-order chi connectivity index (χ1) is 16.4. The van der Waals surface area contributed by atoms with Crippen molar-refractivity contribution in [1.82, 2.24) is 0 Å². The Kier molecular flexibility index (Phi) is 17.4. The molecule has 0 saturated heterocycles. The molecular formula is C32H48AlN. The fourth-order valence-electron chi connectivity index (χ4n) is 3.77. The summed E-state index contributed by atoms with van der Waals surface area (Å²) in [5, 5.41) is 7.46. The van der Waals surface area contributed by atoms with E-state index in [1.165, 1.54) is 60.2 Å². The van der Waals surface area contributed by atoms with Crippen LogP contribution < -0.4 is 0 Å². The van der Waals surface area contributed by atoms with Crippen LogP contribution in [-0.2, 0) is 0 Å². The van der Waals surface area contributed by atoms with E-state index in [-0.39, 0.29) is 0 Å². The van der Waals surface area contributed by atoms with Crippen molar-refractivity contribution in [3.63, 3.8) is 0 Å². The first-order valence-electron chi connectivity index (χ1n) is 13.3. The quantitative estimate of drug-likeness (QED) is 0.147. The van der Waals surface area contributed by atoms with Crippen molar-refractivity contribution in [2.75, 3.05) is 0 Å². The van der Waals surface area contributed by atoms with Crippen LogP contribution in [0.2, 0.25) is 10.6 Å². The van der Waals surface area contributed by atoms with Gasteiger partial charge in [-0.25, -0.2) is 0 Å². The maximum atomic E-state index is 4.44. The van der Waals surface area contributed by atoms with E-state index >= 15 is 0 Å². The second-order valence-corrected chi connectivity index (χ2v) is 11.7. The molecule has 2 atom stereocenters. The van der Waals surface area contributed by atoms with Crippen LogP contribution in [-0.4, -0.2) is 15.2 Å². The molecule has 2 aromatic rings. The van der Waals surface area contributed by atoms with Gasteiger partial charge in [-0.2, -0.15) is 0 Å². The number of benzene rings is 2. The van der Waals surface area contributed by atoms with E-state index in [1.807, 2.05) is 60.7 Å². The van der Waals surface area contributed by atoms with Crippen LogP contribution in [0.4, 0.5) is 11.4 Å². The Morgan fingerprint density at radius 3 is 1.41 bits per heavy atom. The van der Waals surface area contributed by atoms with E-state index in [9.17, 15) is 0 Å². The second kappa shape index (κ2) is 19.5. The minimum atomic E-state index is 0.681. The van der Waals surface area contributed by atoms with Gasteiger partial charge in [0.1, 0.15) is 0 Å². The van der Waals surface area contributed by atoms with Crippen molar-refractivity contribution >= 4 is 26.6 Å². The first kappa shape index (κ1) is 30.3. The maximum Gasteiger partial charge on any atom is -0.0624 e. The molecule has 1 nitrogen and oxygen atoms in total. The molecule has 0 radical (unpaired) electrons. The molecule has 34 heavy (non-hydrogen) atoms. The van der Waals surface area contributed by atoms with Crippen molar-refractivity contribution in [2.45, 2.75) is 90.6 Å². The fraction of sp³-hybridized carbons (Fsp3) is 0.500. The summed E-state index contributed by atoms with van der Waals surface area (Å²) >= 11 is 0.681. The summed E-state index contributed by atoms with van der Waals surface area (Å²) in [5.41, 5.74) is 4.92. The van der Waals surface area contributed by atoms with Crippen LogP contribution in [0.5, 0.6) is 0 Å². The Morgan fingerprint density at radius 2 is 1.06 bits per heavy atom. The van der Waals surface area contributed by atoms with Crippen molar-refractivity contribution in [2.24, 2.45) is 11.8 Å². The summed E-state index contributed by atoms with van der Waals surface area (Å²) in [6, 6.07) is 19.9. The summed E-state index contributed by atoms with van der Waals surface area (Å²) in [6.07, 6.45) is 12.9. The molecule has 0 aliphatic rings. The number of rotatable bonds is 14. The van der Waals surface area contributed by atoms with E-state index in [0.29, 0.717) is 15.2 Å². The number of nitrogens with zero attached hydrogens (tertiary/aromatic N) is 1. The molecule has 0 spiro atoms. The average molecular weight is 474 g/mol. The van der Waals surface area contributed by atoms with Gasteiger partial charge in [0.2, 0.25) is 0 Å². The van der Waals surface area contributed by atoms with Gasteiger partial charge in [0, 0.05) is 0 Å². The Morgan fingerprint density at radius 1 is 0.676 bits per heavy atom. The zero-order valence-corrected chi connectivity index (χ0v) is 23.9. The van der Waals surface area contributed by atoms with Gasteiger partial charge in [-0.3, -0.25) is 0 Å². The average Bonchev–Trinajstić information content (AvgIpc) is 2.81. The molecule has 0 aliphatic heterocycles. The number of hydrogen-bond donors (Lipinski definition) is 0. The number of para-hydroxylation sites is 2. The molecule has 0 bridgehead atoms. The van der Waals surface area contributed by atoms with E-state index < -0.39 is 0 Å². The zero-order valence-electron chi connectivity index (χ0n) is 22.8. The van der Waals surface area contributed by atoms with Crippen molar-refractivity contribution in [3.05, 3.63) is 89.3 Å². The summed E-state index contributed by atoms with van der Waals surface area (Å²) in [4.78, 5) is 0. The predicted molar refractivity (Wildman–Crippen MR) is 156 cm³/mol. The summed E-state index contributed by atoms with van der Waals surface area (Å²) in [6.45, 7) is 13.7. The van der Waals surface area contributed by atoms with E-state index in [1.54, 1.807) is 0 Å². The van der Waals surface area contributed by atoms with Gasteiger partial charge < -0.3 is 5.32 Å². The third kappa shape index (κ3) is 17.7. The normalized spacial score (nSPS) is 11.8. The van der Waals surface area contributed by atoms with Gasteiger partial charge in [-0.15, -0.1) is 11.4 Å². The fourth-order valence-corrected chi connectivity index (χ4v) is 5.57. The molecule has 0 fully saturated rings. The molecule has 0 amide bonds. The minimum Gasteiger partial charge on any atom is -0.658 e. The molecule has 184 valence electrons. The van der Waals surface area contributed by atoms with Gasteiger partial charge in [0.05, 0.1) is 0 Å². The standard InChI is InChI=1S/C12H10N.2C10H19.Al/c1-3-7-11(8-4-1)13-12-9-5-2-6-10-12;2*1-9(2)7-5-6-8-10(3)4;/h1-10H;2*8-9H,1,5-7H2,2-4H3;/q-1;;;+1. The second-order valence-electron chi connectivity index (χ2n) is 10.2. The molecule has 0 saturated carbocycles. The van der Waals surface area contributed by atoms with Gasteiger partial charge >= 0.3 is 141 Å². The van der Waals surface area contributed by atoms with Crippen LogP contribution in [0, 0.1) is 11.8 Å². The van der Waals surface area contributed by atoms with E-state index in [0.717, 1.165) is 23.2 Å². The molecule has 0 N–H and O–H groups in total. The molecule has 2 heteroatoms. The van der Waals surface area contributed by atoms with Crippen LogP contribution in [0.3, 0.4) is 0 Å². The van der Waals surface area contributed by atoms with Gasteiger partial charge in [-0.1, -0.05) is 60.7 Å². The number of allylic oxidation sites excluding steroid dienone is 4. The van der Waals surface area contributed by atoms with Crippen LogP contribution in [0.15, 0.2) is 84.0 Å². The Bertz CT molecular complexity index is 719. The Balaban J connectivity index is 0.000000375. The van der Waals surface area contributed by atoms with Gasteiger partial charge in [-0.05, 0) is 0 Å². The molecule has 0 aliphatic carbocycles. The predicted octanol–water partition coefficient (Wildman–Crippen LogP) is 11.1. The van der Waals surface area contributed by atoms with E-state index in [4.69, 9.17) is 0 Å². The van der Waals surface area contributed by atoms with Crippen molar-refractivity contribution < 1.29 is 0 Å². The molecule has 2 rings (SSSR count). The smallest absolute Gasteiger partial charge is 0.0624 e. The molecule has 0 aromatic heterocycles. The summed E-state index contributed by atoms with van der Waals surface area (Å²) in [7, 11) is 0. The molecule has 0 heterocycles. The first-order valence-corrected chi connectivity index (χ1v) is 14.9.